The highest BCUT2D eigenvalue weighted by Gasteiger charge is 2.11. The van der Waals surface area contributed by atoms with Gasteiger partial charge in [0.2, 0.25) is 0 Å². The molecule has 0 fully saturated rings. The molecule has 1 rings (SSSR count). The summed E-state index contributed by atoms with van der Waals surface area (Å²) in [6.07, 6.45) is 0.823. The SMILES string of the molecule is COCC(N)Cc1ccc(OC(C)(C)C)cc1. The summed E-state index contributed by atoms with van der Waals surface area (Å²) in [6.45, 7) is 6.69. The van der Waals surface area contributed by atoms with Crippen molar-refractivity contribution in [3.05, 3.63) is 29.8 Å². The smallest absolute Gasteiger partial charge is 0.120 e. The van der Waals surface area contributed by atoms with Gasteiger partial charge in [0.15, 0.2) is 0 Å². The maximum atomic E-state index is 5.90. The lowest BCUT2D eigenvalue weighted by Gasteiger charge is -2.21. The summed E-state index contributed by atoms with van der Waals surface area (Å²) in [4.78, 5) is 0. The molecule has 0 bridgehead atoms. The molecule has 0 aliphatic carbocycles. The van der Waals surface area contributed by atoms with Crippen LogP contribution < -0.4 is 10.5 Å². The fourth-order valence-electron chi connectivity index (χ4n) is 1.62. The summed E-state index contributed by atoms with van der Waals surface area (Å²) in [7, 11) is 1.67. The summed E-state index contributed by atoms with van der Waals surface area (Å²) in [5, 5.41) is 0. The second-order valence-electron chi connectivity index (χ2n) is 5.28. The van der Waals surface area contributed by atoms with Gasteiger partial charge < -0.3 is 15.2 Å². The number of rotatable bonds is 5. The monoisotopic (exact) mass is 237 g/mol. The van der Waals surface area contributed by atoms with Gasteiger partial charge >= 0.3 is 0 Å². The van der Waals surface area contributed by atoms with E-state index in [0.717, 1.165) is 12.2 Å². The van der Waals surface area contributed by atoms with Crippen LogP contribution in [0.15, 0.2) is 24.3 Å². The first-order chi connectivity index (χ1) is 7.90. The highest BCUT2D eigenvalue weighted by atomic mass is 16.5. The molecule has 2 N–H and O–H groups in total. The number of hydrogen-bond acceptors (Lipinski definition) is 3. The van der Waals surface area contributed by atoms with E-state index in [1.807, 2.05) is 32.9 Å². The maximum Gasteiger partial charge on any atom is 0.120 e. The number of nitrogens with two attached hydrogens (primary N) is 1. The molecule has 3 heteroatoms. The van der Waals surface area contributed by atoms with Gasteiger partial charge in [0.1, 0.15) is 11.4 Å². The standard InChI is InChI=1S/C14H23NO2/c1-14(2,3)17-13-7-5-11(6-8-13)9-12(15)10-16-4/h5-8,12H,9-10,15H2,1-4H3. The van der Waals surface area contributed by atoms with Crippen molar-refractivity contribution < 1.29 is 9.47 Å². The van der Waals surface area contributed by atoms with Gasteiger partial charge in [-0.1, -0.05) is 12.1 Å². The third-order valence-corrected chi connectivity index (χ3v) is 2.23. The van der Waals surface area contributed by atoms with Crippen molar-refractivity contribution in [1.29, 1.82) is 0 Å². The zero-order chi connectivity index (χ0) is 12.9. The van der Waals surface area contributed by atoms with E-state index in [1.165, 1.54) is 5.56 Å². The van der Waals surface area contributed by atoms with E-state index in [-0.39, 0.29) is 11.6 Å². The molecule has 96 valence electrons. The van der Waals surface area contributed by atoms with E-state index in [1.54, 1.807) is 7.11 Å². The van der Waals surface area contributed by atoms with Crippen LogP contribution in [0, 0.1) is 0 Å². The number of ether oxygens (including phenoxy) is 2. The molecule has 1 aromatic rings. The minimum atomic E-state index is -0.159. The van der Waals surface area contributed by atoms with Crippen LogP contribution in [0.3, 0.4) is 0 Å². The Bertz CT molecular complexity index is 327. The first-order valence-corrected chi connectivity index (χ1v) is 5.93. The highest BCUT2D eigenvalue weighted by Crippen LogP contribution is 2.18. The Morgan fingerprint density at radius 2 is 1.76 bits per heavy atom. The van der Waals surface area contributed by atoms with Gasteiger partial charge in [-0.05, 0) is 44.9 Å². The van der Waals surface area contributed by atoms with Crippen LogP contribution in [0.1, 0.15) is 26.3 Å². The van der Waals surface area contributed by atoms with Crippen LogP contribution in [0.4, 0.5) is 0 Å². The van der Waals surface area contributed by atoms with Gasteiger partial charge in [0, 0.05) is 13.2 Å². The number of benzene rings is 1. The molecule has 1 atom stereocenters. The van der Waals surface area contributed by atoms with Crippen molar-refractivity contribution in [2.75, 3.05) is 13.7 Å². The lowest BCUT2D eigenvalue weighted by molar-refractivity contribution is 0.131. The number of methoxy groups -OCH3 is 1. The lowest BCUT2D eigenvalue weighted by atomic mass is 10.1. The summed E-state index contributed by atoms with van der Waals surface area (Å²) in [5.41, 5.74) is 6.95. The third-order valence-electron chi connectivity index (χ3n) is 2.23. The van der Waals surface area contributed by atoms with Crippen LogP contribution in [-0.2, 0) is 11.2 Å². The fourth-order valence-corrected chi connectivity index (χ4v) is 1.62. The fraction of sp³-hybridized carbons (Fsp3) is 0.571. The molecule has 3 nitrogen and oxygen atoms in total. The molecule has 0 saturated heterocycles. The number of hydrogen-bond donors (Lipinski definition) is 1. The quantitative estimate of drug-likeness (QED) is 0.855. The van der Waals surface area contributed by atoms with E-state index in [9.17, 15) is 0 Å². The molecule has 0 aliphatic heterocycles. The summed E-state index contributed by atoms with van der Waals surface area (Å²) < 4.78 is 10.8. The molecule has 0 aliphatic rings. The van der Waals surface area contributed by atoms with Crippen LogP contribution >= 0.6 is 0 Å². The zero-order valence-corrected chi connectivity index (χ0v) is 11.2. The molecule has 0 saturated carbocycles. The normalized spacial score (nSPS) is 13.5. The van der Waals surface area contributed by atoms with Crippen LogP contribution in [0.5, 0.6) is 5.75 Å². The second kappa shape index (κ2) is 6.03. The van der Waals surface area contributed by atoms with Crippen molar-refractivity contribution >= 4 is 0 Å². The Morgan fingerprint density at radius 3 is 2.24 bits per heavy atom. The largest absolute Gasteiger partial charge is 0.488 e. The Morgan fingerprint density at radius 1 is 1.18 bits per heavy atom. The van der Waals surface area contributed by atoms with Crippen molar-refractivity contribution in [3.63, 3.8) is 0 Å². The summed E-state index contributed by atoms with van der Waals surface area (Å²) in [5.74, 6) is 0.890. The Labute approximate surface area is 104 Å². The van der Waals surface area contributed by atoms with Gasteiger partial charge in [0.05, 0.1) is 6.61 Å². The predicted octanol–water partition coefficient (Wildman–Crippen LogP) is 2.38. The van der Waals surface area contributed by atoms with E-state index in [4.69, 9.17) is 15.2 Å². The molecule has 0 aromatic heterocycles. The Hall–Kier alpha value is -1.06. The minimum absolute atomic E-state index is 0.0504. The van der Waals surface area contributed by atoms with Crippen molar-refractivity contribution in [3.8, 4) is 5.75 Å². The molecule has 0 amide bonds. The first kappa shape index (κ1) is 14.0. The van der Waals surface area contributed by atoms with Crippen LogP contribution in [0.25, 0.3) is 0 Å². The van der Waals surface area contributed by atoms with Gasteiger partial charge in [-0.15, -0.1) is 0 Å². The Balaban J connectivity index is 2.56. The molecule has 1 unspecified atom stereocenters. The molecule has 17 heavy (non-hydrogen) atoms. The van der Waals surface area contributed by atoms with Crippen LogP contribution in [-0.4, -0.2) is 25.4 Å². The van der Waals surface area contributed by atoms with Gasteiger partial charge in [-0.3, -0.25) is 0 Å². The first-order valence-electron chi connectivity index (χ1n) is 5.93. The van der Waals surface area contributed by atoms with Gasteiger partial charge in [-0.2, -0.15) is 0 Å². The molecule has 1 aromatic carbocycles. The predicted molar refractivity (Wildman–Crippen MR) is 70.4 cm³/mol. The van der Waals surface area contributed by atoms with Crippen molar-refractivity contribution in [2.45, 2.75) is 38.8 Å². The molecule has 0 spiro atoms. The Kier molecular flexibility index (Phi) is 4.97. The second-order valence-corrected chi connectivity index (χ2v) is 5.28. The van der Waals surface area contributed by atoms with Crippen LogP contribution in [0.2, 0.25) is 0 Å². The summed E-state index contributed by atoms with van der Waals surface area (Å²) in [6, 6.07) is 8.13. The lowest BCUT2D eigenvalue weighted by Crippen LogP contribution is -2.28. The highest BCUT2D eigenvalue weighted by molar-refractivity contribution is 5.28. The van der Waals surface area contributed by atoms with E-state index in [0.29, 0.717) is 6.61 Å². The van der Waals surface area contributed by atoms with E-state index < -0.39 is 0 Å². The molecule has 0 heterocycles. The molecular weight excluding hydrogens is 214 g/mol. The average Bonchev–Trinajstić information content (AvgIpc) is 2.19. The van der Waals surface area contributed by atoms with E-state index in [2.05, 4.69) is 12.1 Å². The third kappa shape index (κ3) is 5.71. The molecule has 0 radical (unpaired) electrons. The van der Waals surface area contributed by atoms with Crippen molar-refractivity contribution in [1.82, 2.24) is 0 Å². The summed E-state index contributed by atoms with van der Waals surface area (Å²) >= 11 is 0. The maximum absolute atomic E-state index is 5.90. The molecular formula is C14H23NO2. The minimum Gasteiger partial charge on any atom is -0.488 e. The van der Waals surface area contributed by atoms with Gasteiger partial charge in [-0.25, -0.2) is 0 Å². The average molecular weight is 237 g/mol. The van der Waals surface area contributed by atoms with Gasteiger partial charge in [0.25, 0.3) is 0 Å². The van der Waals surface area contributed by atoms with Crippen molar-refractivity contribution in [2.24, 2.45) is 5.73 Å². The van der Waals surface area contributed by atoms with E-state index >= 15 is 0 Å². The zero-order valence-electron chi connectivity index (χ0n) is 11.2. The topological polar surface area (TPSA) is 44.5 Å².